The Bertz CT molecular complexity index is 194. The highest BCUT2D eigenvalue weighted by molar-refractivity contribution is 5.73. The lowest BCUT2D eigenvalue weighted by Crippen LogP contribution is -2.43. The molecule has 76 valence electrons. The number of hydrogen-bond donors (Lipinski definition) is 4. The fourth-order valence-electron chi connectivity index (χ4n) is 1.66. The van der Waals surface area contributed by atoms with Crippen molar-refractivity contribution in [2.45, 2.75) is 37.5 Å². The topological polar surface area (TPSA) is 104 Å². The lowest BCUT2D eigenvalue weighted by Gasteiger charge is -2.33. The third kappa shape index (κ3) is 2.65. The van der Waals surface area contributed by atoms with Crippen LogP contribution in [0, 0.1) is 5.92 Å². The van der Waals surface area contributed by atoms with Crippen LogP contribution in [0.1, 0.15) is 25.7 Å². The minimum absolute atomic E-state index is 0.134. The zero-order chi connectivity index (χ0) is 10.1. The van der Waals surface area contributed by atoms with Crippen molar-refractivity contribution >= 4 is 5.97 Å². The zero-order valence-corrected chi connectivity index (χ0v) is 7.31. The molecule has 0 aromatic heterocycles. The summed E-state index contributed by atoms with van der Waals surface area (Å²) in [6, 6.07) is -0.879. The predicted octanol–water partition coefficient (Wildman–Crippen LogP) is -0.731. The quantitative estimate of drug-likeness (QED) is 0.429. The van der Waals surface area contributed by atoms with Crippen LogP contribution in [0.15, 0.2) is 0 Å². The van der Waals surface area contributed by atoms with E-state index in [1.165, 1.54) is 0 Å². The fourth-order valence-corrected chi connectivity index (χ4v) is 1.66. The first-order valence-corrected chi connectivity index (χ1v) is 4.35. The summed E-state index contributed by atoms with van der Waals surface area (Å²) in [7, 11) is 0. The Morgan fingerprint density at radius 1 is 1.38 bits per heavy atom. The molecule has 1 unspecified atom stereocenters. The number of rotatable bonds is 2. The molecule has 5 N–H and O–H groups in total. The summed E-state index contributed by atoms with van der Waals surface area (Å²) in [5, 5.41) is 27.0. The molecule has 5 nitrogen and oxygen atoms in total. The van der Waals surface area contributed by atoms with Crippen molar-refractivity contribution in [3.8, 4) is 0 Å². The summed E-state index contributed by atoms with van der Waals surface area (Å²) >= 11 is 0. The van der Waals surface area contributed by atoms with Gasteiger partial charge in [0.15, 0.2) is 5.79 Å². The first-order chi connectivity index (χ1) is 5.92. The highest BCUT2D eigenvalue weighted by Gasteiger charge is 2.35. The molecule has 13 heavy (non-hydrogen) atoms. The van der Waals surface area contributed by atoms with E-state index in [4.69, 9.17) is 10.8 Å². The van der Waals surface area contributed by atoms with Crippen molar-refractivity contribution in [1.29, 1.82) is 0 Å². The lowest BCUT2D eigenvalue weighted by atomic mass is 9.81. The highest BCUT2D eigenvalue weighted by atomic mass is 16.5. The standard InChI is InChI=1S/C8H15NO4/c9-6(7(10)11)5-1-3-8(12,13)4-2-5/h5-6,12-13H,1-4,9H2,(H,10,11). The van der Waals surface area contributed by atoms with Gasteiger partial charge in [-0.05, 0) is 18.8 Å². The van der Waals surface area contributed by atoms with Gasteiger partial charge in [-0.25, -0.2) is 0 Å². The van der Waals surface area contributed by atoms with Crippen LogP contribution < -0.4 is 5.73 Å². The molecule has 0 heterocycles. The SMILES string of the molecule is NC(C(=O)O)C1CCC(O)(O)CC1. The molecule has 0 saturated heterocycles. The number of carbonyl (C=O) groups is 1. The van der Waals surface area contributed by atoms with Crippen LogP contribution in [-0.4, -0.2) is 33.1 Å². The van der Waals surface area contributed by atoms with Gasteiger partial charge in [0.05, 0.1) is 0 Å². The number of nitrogens with two attached hydrogens (primary N) is 1. The molecule has 0 aromatic rings. The molecule has 1 fully saturated rings. The van der Waals surface area contributed by atoms with E-state index in [1.54, 1.807) is 0 Å². The first kappa shape index (κ1) is 10.4. The van der Waals surface area contributed by atoms with E-state index in [0.29, 0.717) is 12.8 Å². The third-order valence-electron chi connectivity index (χ3n) is 2.62. The highest BCUT2D eigenvalue weighted by Crippen LogP contribution is 2.31. The molecular weight excluding hydrogens is 174 g/mol. The molecule has 0 aliphatic heterocycles. The molecule has 0 radical (unpaired) electrons. The van der Waals surface area contributed by atoms with Crippen LogP contribution in [0.25, 0.3) is 0 Å². The van der Waals surface area contributed by atoms with Crippen LogP contribution in [0.4, 0.5) is 0 Å². The van der Waals surface area contributed by atoms with E-state index in [2.05, 4.69) is 0 Å². The van der Waals surface area contributed by atoms with Gasteiger partial charge in [-0.3, -0.25) is 4.79 Å². The van der Waals surface area contributed by atoms with E-state index in [9.17, 15) is 15.0 Å². The maximum Gasteiger partial charge on any atom is 0.320 e. The van der Waals surface area contributed by atoms with E-state index >= 15 is 0 Å². The molecule has 1 aliphatic rings. The second-order valence-electron chi connectivity index (χ2n) is 3.68. The minimum Gasteiger partial charge on any atom is -0.480 e. The minimum atomic E-state index is -1.62. The van der Waals surface area contributed by atoms with Gasteiger partial charge in [0.25, 0.3) is 0 Å². The van der Waals surface area contributed by atoms with Crippen molar-refractivity contribution in [1.82, 2.24) is 0 Å². The predicted molar refractivity (Wildman–Crippen MR) is 44.7 cm³/mol. The molecule has 0 bridgehead atoms. The van der Waals surface area contributed by atoms with Gasteiger partial charge in [-0.2, -0.15) is 0 Å². The molecule has 0 spiro atoms. The molecule has 0 aromatic carbocycles. The van der Waals surface area contributed by atoms with E-state index < -0.39 is 17.8 Å². The smallest absolute Gasteiger partial charge is 0.320 e. The Balaban J connectivity index is 2.45. The second-order valence-corrected chi connectivity index (χ2v) is 3.68. The third-order valence-corrected chi connectivity index (χ3v) is 2.62. The van der Waals surface area contributed by atoms with Gasteiger partial charge in [-0.1, -0.05) is 0 Å². The van der Waals surface area contributed by atoms with Gasteiger partial charge in [0, 0.05) is 12.8 Å². The molecule has 1 saturated carbocycles. The van der Waals surface area contributed by atoms with E-state index in [-0.39, 0.29) is 18.8 Å². The largest absolute Gasteiger partial charge is 0.480 e. The van der Waals surface area contributed by atoms with Crippen molar-refractivity contribution < 1.29 is 20.1 Å². The van der Waals surface area contributed by atoms with E-state index in [0.717, 1.165) is 0 Å². The van der Waals surface area contributed by atoms with E-state index in [1.807, 2.05) is 0 Å². The maximum atomic E-state index is 10.5. The summed E-state index contributed by atoms with van der Waals surface area (Å²) in [4.78, 5) is 10.5. The molecule has 1 atom stereocenters. The molecule has 1 aliphatic carbocycles. The lowest BCUT2D eigenvalue weighted by molar-refractivity contribution is -0.188. The monoisotopic (exact) mass is 189 g/mol. The summed E-state index contributed by atoms with van der Waals surface area (Å²) in [5.74, 6) is -2.77. The summed E-state index contributed by atoms with van der Waals surface area (Å²) in [5.41, 5.74) is 5.42. The van der Waals surface area contributed by atoms with Crippen LogP contribution in [0.3, 0.4) is 0 Å². The Morgan fingerprint density at radius 3 is 2.23 bits per heavy atom. The van der Waals surface area contributed by atoms with Gasteiger partial charge in [-0.15, -0.1) is 0 Å². The van der Waals surface area contributed by atoms with Crippen molar-refractivity contribution in [2.24, 2.45) is 11.7 Å². The zero-order valence-electron chi connectivity index (χ0n) is 7.31. The normalized spacial score (nSPS) is 25.5. The number of hydrogen-bond acceptors (Lipinski definition) is 4. The van der Waals surface area contributed by atoms with Crippen LogP contribution in [-0.2, 0) is 4.79 Å². The second kappa shape index (κ2) is 3.61. The molecule has 0 amide bonds. The fraction of sp³-hybridized carbons (Fsp3) is 0.875. The summed E-state index contributed by atoms with van der Waals surface area (Å²) in [6.07, 6.45) is 1.33. The summed E-state index contributed by atoms with van der Waals surface area (Å²) < 4.78 is 0. The van der Waals surface area contributed by atoms with Gasteiger partial charge >= 0.3 is 5.97 Å². The Morgan fingerprint density at radius 2 is 1.85 bits per heavy atom. The summed E-state index contributed by atoms with van der Waals surface area (Å²) in [6.45, 7) is 0. The maximum absolute atomic E-state index is 10.5. The van der Waals surface area contributed by atoms with Crippen LogP contribution in [0.2, 0.25) is 0 Å². The number of carboxylic acids is 1. The average Bonchev–Trinajstić information content (AvgIpc) is 2.03. The Labute approximate surface area is 76.2 Å². The van der Waals surface area contributed by atoms with Crippen molar-refractivity contribution in [2.75, 3.05) is 0 Å². The Kier molecular flexibility index (Phi) is 2.90. The molecule has 5 heteroatoms. The van der Waals surface area contributed by atoms with Gasteiger partial charge in [0.1, 0.15) is 6.04 Å². The van der Waals surface area contributed by atoms with Crippen molar-refractivity contribution in [3.63, 3.8) is 0 Å². The average molecular weight is 189 g/mol. The number of carboxylic acid groups (broad SMARTS) is 1. The van der Waals surface area contributed by atoms with Crippen LogP contribution >= 0.6 is 0 Å². The number of aliphatic carboxylic acids is 1. The number of aliphatic hydroxyl groups is 2. The molecule has 1 rings (SSSR count). The van der Waals surface area contributed by atoms with Crippen LogP contribution in [0.5, 0.6) is 0 Å². The Hall–Kier alpha value is -0.650. The van der Waals surface area contributed by atoms with Gasteiger partial charge in [0.2, 0.25) is 0 Å². The van der Waals surface area contributed by atoms with Gasteiger partial charge < -0.3 is 21.1 Å². The molecular formula is C8H15NO4. The van der Waals surface area contributed by atoms with Crippen molar-refractivity contribution in [3.05, 3.63) is 0 Å². The first-order valence-electron chi connectivity index (χ1n) is 4.35.